The molecular formula is C96H75B3Ir3N11. The first-order valence-corrected chi connectivity index (χ1v) is 36.4. The van der Waals surface area contributed by atoms with Gasteiger partial charge in [0.15, 0.2) is 0 Å². The predicted octanol–water partition coefficient (Wildman–Crippen LogP) is 14.3. The molecule has 8 heterocycles. The van der Waals surface area contributed by atoms with Crippen LogP contribution < -0.4 is 79.0 Å². The monoisotopic (exact) mass is 1990 g/mol. The van der Waals surface area contributed by atoms with Gasteiger partial charge < -0.3 is 29.4 Å². The van der Waals surface area contributed by atoms with Crippen LogP contribution in [0.2, 0.25) is 0 Å². The summed E-state index contributed by atoms with van der Waals surface area (Å²) < 4.78 is 0. The quantitative estimate of drug-likeness (QED) is 0.0817. The molecule has 3 aliphatic rings. The van der Waals surface area contributed by atoms with Crippen molar-refractivity contribution in [3.63, 3.8) is 0 Å². The number of rotatable bonds is 13. The first-order chi connectivity index (χ1) is 54.5. The molecule has 0 saturated heterocycles. The number of hydrogen-bond acceptors (Lipinski definition) is 11. The molecule has 16 aromatic rings. The van der Waals surface area contributed by atoms with E-state index in [0.29, 0.717) is 0 Å². The van der Waals surface area contributed by atoms with Crippen molar-refractivity contribution >= 4 is 127 Å². The van der Waals surface area contributed by atoms with Crippen LogP contribution in [0.5, 0.6) is 0 Å². The summed E-state index contributed by atoms with van der Waals surface area (Å²) in [6.07, 6.45) is 9.14. The molecule has 0 atom stereocenters. The number of para-hydroxylation sites is 6. The molecular weight excluding hydrogens is 1920 g/mol. The Hall–Kier alpha value is -11.9. The molecule has 19 rings (SSSR count). The molecule has 0 aliphatic carbocycles. The summed E-state index contributed by atoms with van der Waals surface area (Å²) in [6.45, 7) is 6.58. The molecule has 0 spiro atoms. The molecule has 11 nitrogen and oxygen atoms in total. The van der Waals surface area contributed by atoms with Crippen molar-refractivity contribution < 1.29 is 60.3 Å². The summed E-state index contributed by atoms with van der Waals surface area (Å²) in [7, 11) is 4.01. The van der Waals surface area contributed by atoms with Gasteiger partial charge in [0, 0.05) is 70.5 Å². The van der Waals surface area contributed by atoms with Crippen LogP contribution in [0.4, 0.5) is 57.1 Å². The first kappa shape index (κ1) is 82.1. The number of pyridine rings is 5. The van der Waals surface area contributed by atoms with Gasteiger partial charge in [-0.3, -0.25) is 15.0 Å². The van der Waals surface area contributed by atoms with E-state index in [-0.39, 0.29) is 80.5 Å². The van der Waals surface area contributed by atoms with E-state index in [1.54, 1.807) is 6.20 Å². The van der Waals surface area contributed by atoms with Gasteiger partial charge in [0.05, 0.1) is 5.69 Å². The fraction of sp³-hybridized carbons (Fsp3) is 0.0208. The summed E-state index contributed by atoms with van der Waals surface area (Å²) in [4.78, 5) is 34.9. The fourth-order valence-corrected chi connectivity index (χ4v) is 13.2. The van der Waals surface area contributed by atoms with Gasteiger partial charge in [-0.25, -0.2) is 9.97 Å². The third-order valence-electron chi connectivity index (χ3n) is 18.3. The Balaban J connectivity index is 0.000000133. The molecule has 0 saturated carbocycles. The Morgan fingerprint density at radius 2 is 0.549 bits per heavy atom. The van der Waals surface area contributed by atoms with Crippen LogP contribution in [0.25, 0.3) is 0 Å². The Morgan fingerprint density at radius 1 is 0.239 bits per heavy atom. The van der Waals surface area contributed by atoms with Gasteiger partial charge in [0.2, 0.25) is 20.1 Å². The molecule has 0 radical (unpaired) electrons. The SMILES string of the molecule is CN1[CH-]N(c2[c-]cccc2)c2cccnc21.CN1[CH-]N(c2[c-]cccc2)c2ncccc21.[Ir+3].[Ir+3].[Ir+3].[c-]1ccccc1B(c1ccccc1)c1ccccn1.[c-]1ccccc1B(c1ccccc1)c1ccccn1.[c-]1ccccc1B(c1ccccc1)c1ccccn1.[c-]1ccccc1N1[CH-]N(c2ccccc2)c2ccccc21. The predicted molar refractivity (Wildman–Crippen MR) is 457 cm³/mol. The molecule has 11 aromatic carbocycles. The van der Waals surface area contributed by atoms with Crippen LogP contribution in [-0.2, 0) is 60.3 Å². The number of nitrogens with zero attached hydrogens (tertiary/aromatic N) is 11. The van der Waals surface area contributed by atoms with Crippen molar-refractivity contribution in [3.05, 3.63) is 457 Å². The number of benzene rings is 11. The van der Waals surface area contributed by atoms with Crippen LogP contribution in [0.15, 0.2) is 401 Å². The molecule has 550 valence electrons. The molecule has 113 heavy (non-hydrogen) atoms. The Kier molecular flexibility index (Phi) is 30.9. The van der Waals surface area contributed by atoms with E-state index in [9.17, 15) is 0 Å². The molecule has 0 fully saturated rings. The van der Waals surface area contributed by atoms with Gasteiger partial charge in [-0.05, 0) is 99.0 Å². The van der Waals surface area contributed by atoms with Gasteiger partial charge in [0.25, 0.3) is 0 Å². The summed E-state index contributed by atoms with van der Waals surface area (Å²) in [6, 6.07) is 144. The van der Waals surface area contributed by atoms with Crippen molar-refractivity contribution in [2.45, 2.75) is 0 Å². The summed E-state index contributed by atoms with van der Waals surface area (Å²) in [5.41, 5.74) is 19.1. The van der Waals surface area contributed by atoms with E-state index in [0.717, 1.165) is 78.9 Å². The van der Waals surface area contributed by atoms with E-state index in [1.807, 2.05) is 256 Å². The van der Waals surface area contributed by atoms with Gasteiger partial charge >= 0.3 is 60.3 Å². The number of hydrogen-bond donors (Lipinski definition) is 0. The van der Waals surface area contributed by atoms with E-state index >= 15 is 0 Å². The standard InChI is InChI=1S/C19H14N2.3C17H13BN.2C13H11N3.3Ir/c1-3-9-16(10-4-1)20-15-21(17-11-5-2-6-12-17)19-14-8-7-13-18(19)20;3*1-3-9-15(10-4-1)18(16-11-5-2-6-12-16)17-13-7-8-14-19-17;1-15-10-16(11-6-3-2-4-7-11)12-8-5-9-14-13(12)15;1-15-10-16(11-6-3-2-4-7-11)13-12(15)8-5-9-14-13;;;/h1-11,13-15H;3*1-11,13-14H;2*2-6,8-10H,1H3;;;/q-2;3*-1;2*-2;3*+3. The minimum Gasteiger partial charge on any atom is -0.502 e. The van der Waals surface area contributed by atoms with Crippen LogP contribution in [0, 0.1) is 56.4 Å². The smallest absolute Gasteiger partial charge is 0.502 e. The Labute approximate surface area is 707 Å². The van der Waals surface area contributed by atoms with Crippen molar-refractivity contribution in [2.24, 2.45) is 0 Å². The van der Waals surface area contributed by atoms with Crippen molar-refractivity contribution in [1.82, 2.24) is 24.9 Å². The van der Waals surface area contributed by atoms with Gasteiger partial charge in [0.1, 0.15) is 11.6 Å². The number of anilines is 10. The van der Waals surface area contributed by atoms with Crippen LogP contribution in [0.1, 0.15) is 0 Å². The van der Waals surface area contributed by atoms with E-state index in [4.69, 9.17) is 0 Å². The molecule has 0 amide bonds. The fourth-order valence-electron chi connectivity index (χ4n) is 13.2. The van der Waals surface area contributed by atoms with E-state index in [1.165, 1.54) is 27.8 Å². The molecule has 0 N–H and O–H groups in total. The minimum absolute atomic E-state index is 0. The average molecular weight is 1990 g/mol. The second-order valence-corrected chi connectivity index (χ2v) is 25.6. The maximum Gasteiger partial charge on any atom is 3.00 e. The van der Waals surface area contributed by atoms with Crippen molar-refractivity contribution in [3.8, 4) is 0 Å². The van der Waals surface area contributed by atoms with Gasteiger partial charge in [-0.1, -0.05) is 156 Å². The molecule has 3 aliphatic heterocycles. The average Bonchev–Trinajstić information content (AvgIpc) is 1.64. The normalized spacial score (nSPS) is 11.6. The topological polar surface area (TPSA) is 83.9 Å². The molecule has 0 bridgehead atoms. The minimum atomic E-state index is 0. The molecule has 0 unspecified atom stereocenters. The van der Waals surface area contributed by atoms with E-state index in [2.05, 4.69) is 264 Å². The largest absolute Gasteiger partial charge is 3.00 e. The zero-order valence-corrected chi connectivity index (χ0v) is 69.2. The number of fused-ring (bicyclic) bond motifs is 3. The zero-order chi connectivity index (χ0) is 74.7. The molecule has 17 heteroatoms. The third-order valence-corrected chi connectivity index (χ3v) is 18.3. The Bertz CT molecular complexity index is 4650. The third kappa shape index (κ3) is 21.2. The van der Waals surface area contributed by atoms with Crippen LogP contribution in [0.3, 0.4) is 0 Å². The number of aromatic nitrogens is 5. The van der Waals surface area contributed by atoms with Crippen LogP contribution >= 0.6 is 0 Å². The maximum atomic E-state index is 4.51. The molecule has 5 aromatic heterocycles. The van der Waals surface area contributed by atoms with Crippen LogP contribution in [-0.4, -0.2) is 59.2 Å². The van der Waals surface area contributed by atoms with Crippen molar-refractivity contribution in [2.75, 3.05) is 43.5 Å². The van der Waals surface area contributed by atoms with E-state index < -0.39 is 0 Å². The van der Waals surface area contributed by atoms with Gasteiger partial charge in [-0.2, -0.15) is 212 Å². The first-order valence-electron chi connectivity index (χ1n) is 36.4. The summed E-state index contributed by atoms with van der Waals surface area (Å²) >= 11 is 0. The maximum absolute atomic E-state index is 4.51. The summed E-state index contributed by atoms with van der Waals surface area (Å²) in [5.74, 6) is 1.92. The zero-order valence-electron chi connectivity index (χ0n) is 62.0. The Morgan fingerprint density at radius 3 is 0.929 bits per heavy atom. The second-order valence-electron chi connectivity index (χ2n) is 25.6. The summed E-state index contributed by atoms with van der Waals surface area (Å²) in [5, 5.41) is 0. The second kappa shape index (κ2) is 42.5. The van der Waals surface area contributed by atoms with Crippen molar-refractivity contribution in [1.29, 1.82) is 0 Å². The van der Waals surface area contributed by atoms with Gasteiger partial charge in [-0.15, -0.1) is 23.7 Å².